The summed E-state index contributed by atoms with van der Waals surface area (Å²) in [5.74, 6) is 0. The maximum Gasteiger partial charge on any atom is 0.0831 e. The topological polar surface area (TPSA) is 30.5 Å². The van der Waals surface area contributed by atoms with Crippen LogP contribution in [0.1, 0.15) is 33.6 Å². The van der Waals surface area contributed by atoms with Gasteiger partial charge >= 0.3 is 0 Å². The second kappa shape index (κ2) is 9.33. The normalized spacial score (nSPS) is 15.4. The monoisotopic (exact) mass is 233 g/mol. The Balaban J connectivity index is 3.78. The van der Waals surface area contributed by atoms with E-state index in [1.807, 2.05) is 13.8 Å². The van der Waals surface area contributed by atoms with Crippen LogP contribution in [0.4, 0.5) is 0 Å². The highest BCUT2D eigenvalue weighted by Crippen LogP contribution is 2.06. The number of nitrogens with one attached hydrogen (secondary N) is 1. The Kier molecular flexibility index (Phi) is 9.39. The third-order valence-electron chi connectivity index (χ3n) is 2.31. The van der Waals surface area contributed by atoms with Crippen molar-refractivity contribution in [3.8, 4) is 0 Å². The van der Waals surface area contributed by atoms with E-state index in [4.69, 9.17) is 9.47 Å². The van der Waals surface area contributed by atoms with Gasteiger partial charge in [-0.1, -0.05) is 13.3 Å². The third kappa shape index (κ3) is 7.96. The molecule has 0 saturated carbocycles. The molecule has 0 radical (unpaired) electrons. The lowest BCUT2D eigenvalue weighted by Crippen LogP contribution is -2.48. The van der Waals surface area contributed by atoms with E-state index in [0.29, 0.717) is 0 Å². The molecule has 0 rings (SSSR count). The largest absolute Gasteiger partial charge is 0.379 e. The Morgan fingerprint density at radius 2 is 1.93 bits per heavy atom. The van der Waals surface area contributed by atoms with Gasteiger partial charge in [0.15, 0.2) is 0 Å². The van der Waals surface area contributed by atoms with Crippen molar-refractivity contribution in [2.45, 2.75) is 38.8 Å². The van der Waals surface area contributed by atoms with Gasteiger partial charge in [-0.2, -0.15) is 0 Å². The maximum absolute atomic E-state index is 5.79. The van der Waals surface area contributed by atoms with Crippen molar-refractivity contribution >= 4 is 10.2 Å². The Bertz CT molecular complexity index is 147. The molecule has 3 nitrogen and oxygen atoms in total. The Hall–Kier alpha value is 0.0969. The van der Waals surface area contributed by atoms with E-state index in [0.717, 1.165) is 43.2 Å². The molecule has 0 aliphatic heterocycles. The highest BCUT2D eigenvalue weighted by molar-refractivity contribution is 6.14. The Morgan fingerprint density at radius 3 is 2.47 bits per heavy atom. The summed E-state index contributed by atoms with van der Waals surface area (Å²) in [4.78, 5) is 0. The number of rotatable bonds is 10. The minimum atomic E-state index is -0.0432. The average molecular weight is 233 g/mol. The van der Waals surface area contributed by atoms with Crippen LogP contribution in [-0.4, -0.2) is 48.4 Å². The van der Waals surface area contributed by atoms with Crippen molar-refractivity contribution in [1.82, 2.24) is 5.32 Å². The first-order valence-electron chi connectivity index (χ1n) is 6.11. The molecule has 15 heavy (non-hydrogen) atoms. The van der Waals surface area contributed by atoms with Crippen LogP contribution in [0.3, 0.4) is 0 Å². The zero-order valence-corrected chi connectivity index (χ0v) is 12.8. The number of ether oxygens (including phenoxy) is 2. The molecule has 0 fully saturated rings. The first-order chi connectivity index (χ1) is 7.18. The quantitative estimate of drug-likeness (QED) is 0.441. The smallest absolute Gasteiger partial charge is 0.0831 e. The molecule has 0 bridgehead atoms. The summed E-state index contributed by atoms with van der Waals surface area (Å²) in [5.41, 5.74) is 0. The molecular formula is C11H27NO2Si. The fourth-order valence-electron chi connectivity index (χ4n) is 1.46. The van der Waals surface area contributed by atoms with E-state index in [2.05, 4.69) is 12.2 Å². The fourth-order valence-corrected chi connectivity index (χ4v) is 2.21. The first kappa shape index (κ1) is 15.1. The average Bonchev–Trinajstić information content (AvgIpc) is 2.22. The summed E-state index contributed by atoms with van der Waals surface area (Å²) in [6.45, 7) is 10.6. The van der Waals surface area contributed by atoms with E-state index < -0.39 is 0 Å². The van der Waals surface area contributed by atoms with Crippen molar-refractivity contribution < 1.29 is 9.47 Å². The molecule has 1 atom stereocenters. The molecule has 92 valence electrons. The van der Waals surface area contributed by atoms with Gasteiger partial charge in [-0.05, 0) is 26.8 Å². The van der Waals surface area contributed by atoms with E-state index >= 15 is 0 Å². The molecule has 0 amide bonds. The van der Waals surface area contributed by atoms with Gasteiger partial charge in [-0.25, -0.2) is 0 Å². The lowest BCUT2D eigenvalue weighted by molar-refractivity contribution is -0.0365. The van der Waals surface area contributed by atoms with Gasteiger partial charge < -0.3 is 14.8 Å². The van der Waals surface area contributed by atoms with Gasteiger partial charge in [0, 0.05) is 30.0 Å². The van der Waals surface area contributed by atoms with Crippen molar-refractivity contribution in [2.75, 3.05) is 32.9 Å². The van der Waals surface area contributed by atoms with Crippen LogP contribution in [-0.2, 0) is 9.47 Å². The highest BCUT2D eigenvalue weighted by Gasteiger charge is 2.23. The van der Waals surface area contributed by atoms with Gasteiger partial charge in [0.05, 0.1) is 11.8 Å². The van der Waals surface area contributed by atoms with Gasteiger partial charge in [0.25, 0.3) is 0 Å². The van der Waals surface area contributed by atoms with Crippen molar-refractivity contribution in [3.63, 3.8) is 0 Å². The lowest BCUT2D eigenvalue weighted by Gasteiger charge is -2.29. The predicted octanol–water partition coefficient (Wildman–Crippen LogP) is 0.511. The summed E-state index contributed by atoms with van der Waals surface area (Å²) in [6, 6.07) is 0. The van der Waals surface area contributed by atoms with Crippen molar-refractivity contribution in [3.05, 3.63) is 0 Å². The number of unbranched alkanes of at least 4 members (excludes halogenated alkanes) is 1. The van der Waals surface area contributed by atoms with Crippen LogP contribution in [0.5, 0.6) is 0 Å². The van der Waals surface area contributed by atoms with Crippen LogP contribution < -0.4 is 5.32 Å². The molecule has 0 aliphatic carbocycles. The summed E-state index contributed by atoms with van der Waals surface area (Å²) < 4.78 is 11.3. The number of hydrogen-bond acceptors (Lipinski definition) is 3. The van der Waals surface area contributed by atoms with Gasteiger partial charge in [-0.3, -0.25) is 0 Å². The van der Waals surface area contributed by atoms with Crippen LogP contribution in [0.25, 0.3) is 0 Å². The summed E-state index contributed by atoms with van der Waals surface area (Å²) in [6.07, 6.45) is 2.47. The maximum atomic E-state index is 5.79. The zero-order chi connectivity index (χ0) is 11.6. The first-order valence-corrected chi connectivity index (χ1v) is 7.11. The minimum absolute atomic E-state index is 0.0432. The fraction of sp³-hybridized carbons (Fsp3) is 1.00. The summed E-state index contributed by atoms with van der Waals surface area (Å²) >= 11 is 0. The van der Waals surface area contributed by atoms with Crippen LogP contribution >= 0.6 is 0 Å². The summed E-state index contributed by atoms with van der Waals surface area (Å²) in [7, 11) is 1.00. The van der Waals surface area contributed by atoms with Crippen LogP contribution in [0.2, 0.25) is 0 Å². The van der Waals surface area contributed by atoms with E-state index in [1.54, 1.807) is 0 Å². The minimum Gasteiger partial charge on any atom is -0.379 e. The zero-order valence-electron chi connectivity index (χ0n) is 10.8. The molecule has 1 N–H and O–H groups in total. The van der Waals surface area contributed by atoms with Crippen LogP contribution in [0, 0.1) is 0 Å². The van der Waals surface area contributed by atoms with Gasteiger partial charge in [-0.15, -0.1) is 0 Å². The molecule has 0 heterocycles. The Morgan fingerprint density at radius 1 is 1.20 bits per heavy atom. The molecule has 4 heteroatoms. The SMILES string of the molecule is CCCCNCC([SiH3])(COCC)OCC. The lowest BCUT2D eigenvalue weighted by atomic mass is 10.3. The summed E-state index contributed by atoms with van der Waals surface area (Å²) in [5, 5.41) is 3.41. The molecular weight excluding hydrogens is 206 g/mol. The second-order valence-electron chi connectivity index (χ2n) is 4.05. The van der Waals surface area contributed by atoms with Gasteiger partial charge in [0.2, 0.25) is 0 Å². The van der Waals surface area contributed by atoms with E-state index in [-0.39, 0.29) is 5.22 Å². The predicted molar refractivity (Wildman–Crippen MR) is 68.6 cm³/mol. The molecule has 0 aromatic heterocycles. The molecule has 0 aromatic carbocycles. The standard InChI is InChI=1S/C11H27NO2Si/c1-4-7-8-12-9-11(15,14-6-3)10-13-5-2/h12H,4-10H2,1-3,15H3. The molecule has 1 unspecified atom stereocenters. The van der Waals surface area contributed by atoms with E-state index in [9.17, 15) is 0 Å². The number of hydrogen-bond donors (Lipinski definition) is 1. The van der Waals surface area contributed by atoms with E-state index in [1.165, 1.54) is 12.8 Å². The highest BCUT2D eigenvalue weighted by atomic mass is 28.1. The molecule has 0 aromatic rings. The van der Waals surface area contributed by atoms with Gasteiger partial charge in [0.1, 0.15) is 0 Å². The molecule has 0 saturated heterocycles. The molecule has 0 spiro atoms. The third-order valence-corrected chi connectivity index (χ3v) is 3.24. The Labute approximate surface area is 97.3 Å². The molecule has 0 aliphatic rings. The van der Waals surface area contributed by atoms with Crippen molar-refractivity contribution in [2.24, 2.45) is 0 Å². The second-order valence-corrected chi connectivity index (χ2v) is 5.87. The van der Waals surface area contributed by atoms with Crippen molar-refractivity contribution in [1.29, 1.82) is 0 Å². The van der Waals surface area contributed by atoms with Crippen LogP contribution in [0.15, 0.2) is 0 Å².